The van der Waals surface area contributed by atoms with Crippen molar-refractivity contribution in [2.24, 2.45) is 0 Å². The number of hydrogen-bond donors (Lipinski definition) is 0. The van der Waals surface area contributed by atoms with E-state index in [0.717, 1.165) is 29.9 Å². The zero-order chi connectivity index (χ0) is 34.1. The van der Waals surface area contributed by atoms with Gasteiger partial charge < -0.3 is 9.47 Å². The Kier molecular flexibility index (Phi) is 6.69. The van der Waals surface area contributed by atoms with Crippen LogP contribution in [-0.4, -0.2) is 4.57 Å². The van der Waals surface area contributed by atoms with Crippen LogP contribution in [0.3, 0.4) is 0 Å². The number of benzene rings is 7. The Hall–Kier alpha value is -6.12. The van der Waals surface area contributed by atoms with Gasteiger partial charge in [0, 0.05) is 44.8 Å². The Bertz CT molecular complexity index is 2580. The van der Waals surface area contributed by atoms with Gasteiger partial charge in [0.2, 0.25) is 0 Å². The summed E-state index contributed by atoms with van der Waals surface area (Å²) in [7, 11) is 0. The topological polar surface area (TPSA) is 8.17 Å². The average molecular weight is 655 g/mol. The van der Waals surface area contributed by atoms with E-state index in [9.17, 15) is 0 Å². The van der Waals surface area contributed by atoms with E-state index in [1.54, 1.807) is 0 Å². The molecule has 1 heterocycles. The van der Waals surface area contributed by atoms with E-state index in [1.165, 1.54) is 72.0 Å². The Balaban J connectivity index is 1.11. The number of allylic oxidation sites excluding steroid dienone is 1. The lowest BCUT2D eigenvalue weighted by Crippen LogP contribution is -2.23. The first-order chi connectivity index (χ1) is 25.1. The number of aryl methyl sites for hydroxylation is 1. The van der Waals surface area contributed by atoms with Gasteiger partial charge in [-0.1, -0.05) is 123 Å². The number of anilines is 3. The second-order valence-electron chi connectivity index (χ2n) is 14.5. The minimum absolute atomic E-state index is 0.0792. The summed E-state index contributed by atoms with van der Waals surface area (Å²) in [6, 6.07) is 57.8. The van der Waals surface area contributed by atoms with Crippen molar-refractivity contribution >= 4 is 44.8 Å². The molecule has 2 heteroatoms. The summed E-state index contributed by atoms with van der Waals surface area (Å²) < 4.78 is 2.55. The summed E-state index contributed by atoms with van der Waals surface area (Å²) >= 11 is 0. The lowest BCUT2D eigenvalue weighted by Gasteiger charge is -2.35. The van der Waals surface area contributed by atoms with Gasteiger partial charge in [-0.25, -0.2) is 0 Å². The molecule has 51 heavy (non-hydrogen) atoms. The van der Waals surface area contributed by atoms with Crippen LogP contribution in [0.15, 0.2) is 164 Å². The fourth-order valence-corrected chi connectivity index (χ4v) is 8.81. The fourth-order valence-electron chi connectivity index (χ4n) is 8.81. The van der Waals surface area contributed by atoms with Crippen LogP contribution < -0.4 is 4.90 Å². The molecule has 0 saturated heterocycles. The highest BCUT2D eigenvalue weighted by atomic mass is 15.1. The Morgan fingerprint density at radius 3 is 1.90 bits per heavy atom. The SMILES string of the molecule is CC1(C)c2ccccc2-c2c3c1cccc3cc1c3c(n(-c4ccc(-c5ccc(N(c6ccccc6)c6ccccc6)cc5)cc4)c21)C=CCC3. The number of nitrogens with zero attached hydrogens (tertiary/aromatic N) is 2. The van der Waals surface area contributed by atoms with Gasteiger partial charge in [0.05, 0.1) is 5.52 Å². The first-order valence-corrected chi connectivity index (χ1v) is 18.1. The van der Waals surface area contributed by atoms with Gasteiger partial charge >= 0.3 is 0 Å². The summed E-state index contributed by atoms with van der Waals surface area (Å²) in [6.07, 6.45) is 6.83. The Labute approximate surface area is 299 Å². The molecule has 0 fully saturated rings. The highest BCUT2D eigenvalue weighted by Gasteiger charge is 2.35. The molecule has 0 N–H and O–H groups in total. The van der Waals surface area contributed by atoms with E-state index < -0.39 is 0 Å². The molecule has 0 atom stereocenters. The molecule has 10 rings (SSSR count). The van der Waals surface area contributed by atoms with Gasteiger partial charge in [0.15, 0.2) is 0 Å². The molecule has 0 radical (unpaired) electrons. The van der Waals surface area contributed by atoms with E-state index in [2.05, 4.69) is 193 Å². The molecule has 0 bridgehead atoms. The molecule has 2 aliphatic carbocycles. The van der Waals surface area contributed by atoms with Gasteiger partial charge in [-0.15, -0.1) is 0 Å². The van der Waals surface area contributed by atoms with Crippen molar-refractivity contribution < 1.29 is 0 Å². The maximum atomic E-state index is 2.55. The maximum absolute atomic E-state index is 2.55. The number of rotatable bonds is 5. The average Bonchev–Trinajstić information content (AvgIpc) is 3.51. The molecule has 2 aliphatic rings. The third kappa shape index (κ3) is 4.56. The van der Waals surface area contributed by atoms with Crippen molar-refractivity contribution in [1.29, 1.82) is 0 Å². The first-order valence-electron chi connectivity index (χ1n) is 18.1. The first kappa shape index (κ1) is 29.8. The smallest absolute Gasteiger partial charge is 0.0622 e. The minimum Gasteiger partial charge on any atom is -0.311 e. The Morgan fingerprint density at radius 2 is 1.20 bits per heavy atom. The van der Waals surface area contributed by atoms with Gasteiger partial charge in [-0.05, 0) is 118 Å². The predicted octanol–water partition coefficient (Wildman–Crippen LogP) is 13.2. The molecule has 8 aromatic rings. The molecule has 0 spiro atoms. The molecular weight excluding hydrogens is 617 g/mol. The molecule has 7 aromatic carbocycles. The zero-order valence-corrected chi connectivity index (χ0v) is 29.0. The van der Waals surface area contributed by atoms with Crippen LogP contribution >= 0.6 is 0 Å². The number of para-hydroxylation sites is 2. The molecule has 0 saturated carbocycles. The molecular formula is C49H38N2. The summed E-state index contributed by atoms with van der Waals surface area (Å²) in [5.74, 6) is 0. The fraction of sp³-hybridized carbons (Fsp3) is 0.102. The second-order valence-corrected chi connectivity index (χ2v) is 14.5. The van der Waals surface area contributed by atoms with Gasteiger partial charge in [-0.3, -0.25) is 0 Å². The zero-order valence-electron chi connectivity index (χ0n) is 29.0. The number of fused-ring (bicyclic) bond motifs is 6. The van der Waals surface area contributed by atoms with Crippen LogP contribution in [0.2, 0.25) is 0 Å². The van der Waals surface area contributed by atoms with Gasteiger partial charge in [-0.2, -0.15) is 0 Å². The number of hydrogen-bond acceptors (Lipinski definition) is 1. The standard InChI is InChI=1S/C49H38N2/c1-49(2)43-21-11-9-20-41(43)47-46-35(14-13-22-44(46)49)32-42-40-19-10-12-23-45(40)51(48(42)47)39-30-26-34(27-31-39)33-24-28-38(29-25-33)50(36-15-5-3-6-16-36)37-17-7-4-8-18-37/h3-9,11-18,20-32H,10,19H2,1-2H3. The molecule has 0 amide bonds. The van der Waals surface area contributed by atoms with Gasteiger partial charge in [0.25, 0.3) is 0 Å². The van der Waals surface area contributed by atoms with Crippen LogP contribution in [0, 0.1) is 0 Å². The third-order valence-electron chi connectivity index (χ3n) is 11.2. The second kappa shape index (κ2) is 11.5. The largest absolute Gasteiger partial charge is 0.311 e. The normalized spacial score (nSPS) is 14.0. The summed E-state index contributed by atoms with van der Waals surface area (Å²) in [5.41, 5.74) is 16.6. The highest BCUT2D eigenvalue weighted by molar-refractivity contribution is 6.17. The lowest BCUT2D eigenvalue weighted by molar-refractivity contribution is 0.645. The van der Waals surface area contributed by atoms with E-state index in [0.29, 0.717) is 0 Å². The highest BCUT2D eigenvalue weighted by Crippen LogP contribution is 2.53. The third-order valence-corrected chi connectivity index (χ3v) is 11.2. The van der Waals surface area contributed by atoms with Crippen molar-refractivity contribution in [3.63, 3.8) is 0 Å². The lowest BCUT2D eigenvalue weighted by atomic mass is 9.68. The van der Waals surface area contributed by atoms with Crippen molar-refractivity contribution in [2.75, 3.05) is 4.90 Å². The van der Waals surface area contributed by atoms with Gasteiger partial charge in [0.1, 0.15) is 0 Å². The van der Waals surface area contributed by atoms with E-state index in [1.807, 2.05) is 0 Å². The van der Waals surface area contributed by atoms with E-state index >= 15 is 0 Å². The predicted molar refractivity (Wildman–Crippen MR) is 216 cm³/mol. The molecule has 0 aliphatic heterocycles. The minimum atomic E-state index is -0.0792. The van der Waals surface area contributed by atoms with Crippen LogP contribution in [0.5, 0.6) is 0 Å². The van der Waals surface area contributed by atoms with Crippen LogP contribution in [-0.2, 0) is 11.8 Å². The van der Waals surface area contributed by atoms with E-state index in [-0.39, 0.29) is 5.41 Å². The van der Waals surface area contributed by atoms with Crippen LogP contribution in [0.1, 0.15) is 42.7 Å². The summed E-state index contributed by atoms with van der Waals surface area (Å²) in [4.78, 5) is 2.31. The van der Waals surface area contributed by atoms with Crippen LogP contribution in [0.25, 0.3) is 55.7 Å². The van der Waals surface area contributed by atoms with E-state index in [4.69, 9.17) is 0 Å². The molecule has 2 nitrogen and oxygen atoms in total. The quantitative estimate of drug-likeness (QED) is 0.179. The maximum Gasteiger partial charge on any atom is 0.0622 e. The van der Waals surface area contributed by atoms with Crippen molar-refractivity contribution in [2.45, 2.75) is 32.1 Å². The summed E-state index contributed by atoms with van der Waals surface area (Å²) in [5, 5.41) is 4.11. The monoisotopic (exact) mass is 654 g/mol. The molecule has 0 unspecified atom stereocenters. The van der Waals surface area contributed by atoms with Crippen molar-refractivity contribution in [1.82, 2.24) is 4.57 Å². The molecule has 1 aromatic heterocycles. The van der Waals surface area contributed by atoms with Crippen LogP contribution in [0.4, 0.5) is 17.1 Å². The molecule has 244 valence electrons. The van der Waals surface area contributed by atoms with Crippen molar-refractivity contribution in [3.8, 4) is 27.9 Å². The van der Waals surface area contributed by atoms with Crippen molar-refractivity contribution in [3.05, 3.63) is 186 Å². The summed E-state index contributed by atoms with van der Waals surface area (Å²) in [6.45, 7) is 4.76. The number of aromatic nitrogens is 1. The Morgan fingerprint density at radius 1 is 0.588 bits per heavy atom.